The van der Waals surface area contributed by atoms with Crippen LogP contribution in [0.4, 0.5) is 0 Å². The average molecular weight is 437 g/mol. The van der Waals surface area contributed by atoms with Crippen molar-refractivity contribution >= 4 is 22.7 Å². The van der Waals surface area contributed by atoms with E-state index in [1.165, 1.54) is 0 Å². The molecular formula is C23H28N6O3. The van der Waals surface area contributed by atoms with Gasteiger partial charge in [-0.2, -0.15) is 11.0 Å². The smallest absolute Gasteiger partial charge is 0.271 e. The molecule has 1 saturated heterocycles. The Morgan fingerprint density at radius 1 is 1.38 bits per heavy atom. The Kier molecular flexibility index (Phi) is 6.38. The summed E-state index contributed by atoms with van der Waals surface area (Å²) in [5, 5.41) is 8.38. The van der Waals surface area contributed by atoms with Crippen LogP contribution in [-0.4, -0.2) is 46.3 Å². The first-order chi connectivity index (χ1) is 15.4. The van der Waals surface area contributed by atoms with Crippen LogP contribution in [0.5, 0.6) is 0 Å². The summed E-state index contributed by atoms with van der Waals surface area (Å²) in [6.07, 6.45) is 1.95. The molecule has 3 heterocycles. The highest BCUT2D eigenvalue weighted by molar-refractivity contribution is 5.99. The van der Waals surface area contributed by atoms with Crippen LogP contribution in [0, 0.1) is 5.92 Å². The zero-order valence-electron chi connectivity index (χ0n) is 18.4. The molecule has 1 aliphatic heterocycles. The summed E-state index contributed by atoms with van der Waals surface area (Å²) >= 11 is 0. The number of aryl methyl sites for hydroxylation is 1. The average Bonchev–Trinajstić information content (AvgIpc) is 3.39. The molecule has 0 saturated carbocycles. The van der Waals surface area contributed by atoms with E-state index < -0.39 is 0 Å². The van der Waals surface area contributed by atoms with E-state index in [0.29, 0.717) is 29.5 Å². The second kappa shape index (κ2) is 9.37. The van der Waals surface area contributed by atoms with Gasteiger partial charge in [-0.25, -0.2) is 4.99 Å². The molecule has 1 aliphatic rings. The number of aromatic amines is 1. The van der Waals surface area contributed by atoms with Gasteiger partial charge in [0.05, 0.1) is 5.69 Å². The van der Waals surface area contributed by atoms with Crippen LogP contribution < -0.4 is 11.2 Å². The number of allylic oxidation sites excluding steroid dienone is 1. The van der Waals surface area contributed by atoms with Crippen LogP contribution in [0.15, 0.2) is 47.6 Å². The Morgan fingerprint density at radius 3 is 2.88 bits per heavy atom. The van der Waals surface area contributed by atoms with Crippen molar-refractivity contribution < 1.29 is 14.4 Å². The van der Waals surface area contributed by atoms with E-state index in [1.54, 1.807) is 11.6 Å². The summed E-state index contributed by atoms with van der Waals surface area (Å²) in [5.41, 5.74) is 4.33. The van der Waals surface area contributed by atoms with E-state index in [9.17, 15) is 4.79 Å². The fourth-order valence-electron chi connectivity index (χ4n) is 3.86. The summed E-state index contributed by atoms with van der Waals surface area (Å²) < 4.78 is 7.09. The number of fused-ring (bicyclic) bond motifs is 1. The lowest BCUT2D eigenvalue weighted by atomic mass is 10.0. The lowest BCUT2D eigenvalue weighted by molar-refractivity contribution is 0.0642. The van der Waals surface area contributed by atoms with Crippen LogP contribution in [0.3, 0.4) is 0 Å². The van der Waals surface area contributed by atoms with Gasteiger partial charge in [0.2, 0.25) is 0 Å². The molecule has 0 aliphatic carbocycles. The zero-order valence-corrected chi connectivity index (χ0v) is 18.4. The molecule has 0 unspecified atom stereocenters. The van der Waals surface area contributed by atoms with Gasteiger partial charge >= 0.3 is 0 Å². The fraction of sp³-hybridized carbons (Fsp3) is 0.348. The standard InChI is InChI=1S/C23H28N6O3/c1-14(2)26-23(32-24)20-11-17-10-16(4-5-18(17)27-20)21-12-19(28-29(21)3)22(30)25-13-15-6-8-31-9-7-15/h4-5,10-12,15,27H,1,6-9,13,24H2,2-3H3,(H,25,30). The Bertz CT molecular complexity index is 1170. The predicted octanol–water partition coefficient (Wildman–Crippen LogP) is 2.90. The van der Waals surface area contributed by atoms with Gasteiger partial charge in [-0.15, -0.1) is 0 Å². The summed E-state index contributed by atoms with van der Waals surface area (Å²) in [6.45, 7) is 7.68. The lowest BCUT2D eigenvalue weighted by Gasteiger charge is -2.21. The summed E-state index contributed by atoms with van der Waals surface area (Å²) in [7, 11) is 1.83. The third-order valence-electron chi connectivity index (χ3n) is 5.56. The van der Waals surface area contributed by atoms with Crippen molar-refractivity contribution in [2.75, 3.05) is 19.8 Å². The number of hydrogen-bond acceptors (Lipinski definition) is 6. The summed E-state index contributed by atoms with van der Waals surface area (Å²) in [6, 6.07) is 9.67. The SMILES string of the molecule is C=C(C)N=C(ON)c1cc2cc(-c3cc(C(=O)NCC4CCOCC4)nn3C)ccc2[nH]1. The van der Waals surface area contributed by atoms with Gasteiger partial charge in [-0.3, -0.25) is 9.48 Å². The molecule has 0 bridgehead atoms. The van der Waals surface area contributed by atoms with Gasteiger partial charge in [-0.1, -0.05) is 12.6 Å². The van der Waals surface area contributed by atoms with Gasteiger partial charge in [0.25, 0.3) is 11.8 Å². The summed E-state index contributed by atoms with van der Waals surface area (Å²) in [5.74, 6) is 5.93. The molecule has 4 rings (SSSR count). The maximum Gasteiger partial charge on any atom is 0.271 e. The third kappa shape index (κ3) is 4.74. The van der Waals surface area contributed by atoms with Crippen molar-refractivity contribution in [1.82, 2.24) is 20.1 Å². The quantitative estimate of drug-likeness (QED) is 0.312. The highest BCUT2D eigenvalue weighted by Crippen LogP contribution is 2.26. The van der Waals surface area contributed by atoms with Gasteiger partial charge in [0.1, 0.15) is 5.69 Å². The second-order valence-corrected chi connectivity index (χ2v) is 8.06. The number of aliphatic imine (C=N–C) groups is 1. The van der Waals surface area contributed by atoms with E-state index in [4.69, 9.17) is 15.5 Å². The Hall–Kier alpha value is -3.43. The number of nitrogens with one attached hydrogen (secondary N) is 2. The molecule has 9 heteroatoms. The minimum atomic E-state index is -0.163. The number of H-pyrrole nitrogens is 1. The van der Waals surface area contributed by atoms with Crippen LogP contribution in [0.1, 0.15) is 35.9 Å². The molecule has 168 valence electrons. The third-order valence-corrected chi connectivity index (χ3v) is 5.56. The number of amides is 1. The van der Waals surface area contributed by atoms with Crippen molar-refractivity contribution in [3.8, 4) is 11.3 Å². The number of ether oxygens (including phenoxy) is 1. The van der Waals surface area contributed by atoms with E-state index in [0.717, 1.165) is 48.2 Å². The molecular weight excluding hydrogens is 408 g/mol. The monoisotopic (exact) mass is 436 g/mol. The number of benzene rings is 1. The van der Waals surface area contributed by atoms with Crippen molar-refractivity contribution in [2.45, 2.75) is 19.8 Å². The predicted molar refractivity (Wildman–Crippen MR) is 123 cm³/mol. The maximum absolute atomic E-state index is 12.6. The molecule has 0 atom stereocenters. The highest BCUT2D eigenvalue weighted by atomic mass is 16.6. The largest absolute Gasteiger partial charge is 0.389 e. The number of nitrogens with zero attached hydrogens (tertiary/aromatic N) is 3. The number of hydrogen-bond donors (Lipinski definition) is 3. The first-order valence-corrected chi connectivity index (χ1v) is 10.6. The Balaban J connectivity index is 1.54. The summed E-state index contributed by atoms with van der Waals surface area (Å²) in [4.78, 5) is 25.0. The number of rotatable bonds is 6. The van der Waals surface area contributed by atoms with E-state index in [2.05, 4.69) is 27.0 Å². The van der Waals surface area contributed by atoms with E-state index in [-0.39, 0.29) is 11.8 Å². The number of aromatic nitrogens is 3. The van der Waals surface area contributed by atoms with Gasteiger partial charge in [0, 0.05) is 49.0 Å². The topological polar surface area (TPSA) is 120 Å². The molecule has 1 fully saturated rings. The molecule has 1 aromatic carbocycles. The van der Waals surface area contributed by atoms with E-state index in [1.807, 2.05) is 37.4 Å². The normalized spacial score (nSPS) is 15.2. The molecule has 4 N–H and O–H groups in total. The number of nitrogens with two attached hydrogens (primary N) is 1. The van der Waals surface area contributed by atoms with Crippen LogP contribution in [-0.2, 0) is 16.6 Å². The molecule has 3 aromatic rings. The zero-order chi connectivity index (χ0) is 22.7. The van der Waals surface area contributed by atoms with E-state index >= 15 is 0 Å². The van der Waals surface area contributed by atoms with Crippen LogP contribution >= 0.6 is 0 Å². The maximum atomic E-state index is 12.6. The molecule has 1 amide bonds. The molecule has 9 nitrogen and oxygen atoms in total. The van der Waals surface area contributed by atoms with Crippen LogP contribution in [0.2, 0.25) is 0 Å². The van der Waals surface area contributed by atoms with Crippen molar-refractivity contribution in [3.63, 3.8) is 0 Å². The van der Waals surface area contributed by atoms with Crippen LogP contribution in [0.25, 0.3) is 22.2 Å². The number of carbonyl (C=O) groups is 1. The number of carbonyl (C=O) groups excluding carboxylic acids is 1. The van der Waals surface area contributed by atoms with Crippen molar-refractivity contribution in [1.29, 1.82) is 0 Å². The Morgan fingerprint density at radius 2 is 2.16 bits per heavy atom. The van der Waals surface area contributed by atoms with Gasteiger partial charge in [-0.05, 0) is 49.9 Å². The molecule has 0 radical (unpaired) electrons. The molecule has 32 heavy (non-hydrogen) atoms. The fourth-order valence-corrected chi connectivity index (χ4v) is 3.86. The molecule has 2 aromatic heterocycles. The van der Waals surface area contributed by atoms with Crippen molar-refractivity contribution in [2.24, 2.45) is 23.9 Å². The van der Waals surface area contributed by atoms with Crippen molar-refractivity contribution in [3.05, 3.63) is 54.0 Å². The Labute approximate surface area is 186 Å². The first kappa shape index (κ1) is 21.8. The minimum Gasteiger partial charge on any atom is -0.389 e. The van der Waals surface area contributed by atoms with Gasteiger partial charge < -0.3 is 19.9 Å². The van der Waals surface area contributed by atoms with Gasteiger partial charge in [0.15, 0.2) is 5.69 Å². The lowest BCUT2D eigenvalue weighted by Crippen LogP contribution is -2.32. The highest BCUT2D eigenvalue weighted by Gasteiger charge is 2.18. The second-order valence-electron chi connectivity index (χ2n) is 8.06. The minimum absolute atomic E-state index is 0.163. The molecule has 0 spiro atoms. The first-order valence-electron chi connectivity index (χ1n) is 10.6.